The average molecular weight is 560 g/mol. The van der Waals surface area contributed by atoms with E-state index in [9.17, 15) is 13.2 Å². The predicted octanol–water partition coefficient (Wildman–Crippen LogP) is 5.91. The Morgan fingerprint density at radius 2 is 1.79 bits per heavy atom. The van der Waals surface area contributed by atoms with Crippen LogP contribution in [0.3, 0.4) is 0 Å². The second-order valence-corrected chi connectivity index (χ2v) is 10.7. The summed E-state index contributed by atoms with van der Waals surface area (Å²) in [5, 5.41) is 10.6. The lowest BCUT2D eigenvalue weighted by Crippen LogP contribution is -2.14. The molecule has 0 aliphatic heterocycles. The van der Waals surface area contributed by atoms with Crippen molar-refractivity contribution < 1.29 is 23.1 Å². The number of carboxylic acids is 1. The maximum atomic E-state index is 13.7. The molecule has 0 atom stereocenters. The third-order valence-electron chi connectivity index (χ3n) is 5.30. The summed E-state index contributed by atoms with van der Waals surface area (Å²) in [6.45, 7) is -0.531. The van der Waals surface area contributed by atoms with Crippen molar-refractivity contribution in [3.63, 3.8) is 0 Å². The molecule has 5 aromatic rings. The molecule has 10 heteroatoms. The van der Waals surface area contributed by atoms with Crippen molar-refractivity contribution in [3.8, 4) is 17.1 Å². The number of ether oxygens (including phenoxy) is 1. The SMILES string of the molecule is O=C(O)COc1cc2[nH]c(-c3cc4ccc(Br)cc4n3S(=O)(=O)c3ccccc3)cc2cc1Cl. The lowest BCUT2D eigenvalue weighted by molar-refractivity contribution is -0.139. The van der Waals surface area contributed by atoms with Gasteiger partial charge in [-0.3, -0.25) is 0 Å². The first kappa shape index (κ1) is 22.5. The molecular weight excluding hydrogens is 544 g/mol. The topological polar surface area (TPSA) is 101 Å². The number of aromatic amines is 1. The molecule has 0 fully saturated rings. The average Bonchev–Trinajstić information content (AvgIpc) is 3.38. The summed E-state index contributed by atoms with van der Waals surface area (Å²) in [6, 6.07) is 20.5. The minimum Gasteiger partial charge on any atom is -0.480 e. The first-order valence-corrected chi connectivity index (χ1v) is 12.6. The summed E-state index contributed by atoms with van der Waals surface area (Å²) in [5.41, 5.74) is 2.14. The van der Waals surface area contributed by atoms with Gasteiger partial charge in [-0.2, -0.15) is 0 Å². The van der Waals surface area contributed by atoms with Gasteiger partial charge in [0.25, 0.3) is 10.0 Å². The normalized spacial score (nSPS) is 11.8. The molecule has 0 unspecified atom stereocenters. The van der Waals surface area contributed by atoms with E-state index in [0.29, 0.717) is 22.4 Å². The van der Waals surface area contributed by atoms with E-state index < -0.39 is 22.6 Å². The Hall–Kier alpha value is -3.27. The second-order valence-electron chi connectivity index (χ2n) is 7.55. The Bertz CT molecular complexity index is 1680. The molecule has 172 valence electrons. The number of carbonyl (C=O) groups is 1. The van der Waals surface area contributed by atoms with Gasteiger partial charge < -0.3 is 14.8 Å². The number of rotatable bonds is 6. The monoisotopic (exact) mass is 558 g/mol. The third kappa shape index (κ3) is 3.96. The summed E-state index contributed by atoms with van der Waals surface area (Å²) in [4.78, 5) is 14.2. The van der Waals surface area contributed by atoms with Crippen molar-refractivity contribution in [2.45, 2.75) is 4.90 Å². The molecule has 2 aromatic heterocycles. The number of halogens is 2. The molecule has 3 aromatic carbocycles. The van der Waals surface area contributed by atoms with Crippen molar-refractivity contribution in [2.24, 2.45) is 0 Å². The summed E-state index contributed by atoms with van der Waals surface area (Å²) < 4.78 is 34.8. The van der Waals surface area contributed by atoms with Crippen LogP contribution in [0.25, 0.3) is 33.2 Å². The van der Waals surface area contributed by atoms with E-state index in [4.69, 9.17) is 21.4 Å². The highest BCUT2D eigenvalue weighted by Gasteiger charge is 2.25. The molecule has 0 saturated carbocycles. The lowest BCUT2D eigenvalue weighted by Gasteiger charge is -2.11. The summed E-state index contributed by atoms with van der Waals surface area (Å²) in [5.74, 6) is -0.906. The molecule has 0 aliphatic carbocycles. The molecule has 2 N–H and O–H groups in total. The summed E-state index contributed by atoms with van der Waals surface area (Å²) in [6.07, 6.45) is 0. The molecule has 34 heavy (non-hydrogen) atoms. The summed E-state index contributed by atoms with van der Waals surface area (Å²) in [7, 11) is -3.93. The number of benzene rings is 3. The minimum absolute atomic E-state index is 0.164. The highest BCUT2D eigenvalue weighted by molar-refractivity contribution is 9.10. The van der Waals surface area contributed by atoms with E-state index in [1.807, 2.05) is 12.1 Å². The maximum absolute atomic E-state index is 13.7. The Morgan fingerprint density at radius 3 is 2.53 bits per heavy atom. The van der Waals surface area contributed by atoms with Crippen LogP contribution in [0.15, 0.2) is 82.2 Å². The van der Waals surface area contributed by atoms with E-state index in [-0.39, 0.29) is 15.7 Å². The van der Waals surface area contributed by atoms with Crippen LogP contribution < -0.4 is 4.74 Å². The van der Waals surface area contributed by atoms with Gasteiger partial charge in [0.05, 0.1) is 26.8 Å². The van der Waals surface area contributed by atoms with E-state index in [2.05, 4.69) is 20.9 Å². The fourth-order valence-corrected chi connectivity index (χ4v) is 5.93. The molecule has 0 amide bonds. The standard InChI is InChI=1S/C24H16BrClN2O5S/c25-16-7-6-14-10-22(28(21(14)11-16)34(31,32)17-4-2-1-3-5-17)20-9-15-8-18(26)23(12-19(15)27-20)33-13-24(29)30/h1-12,27H,13H2,(H,29,30). The number of H-pyrrole nitrogens is 1. The molecule has 0 radical (unpaired) electrons. The summed E-state index contributed by atoms with van der Waals surface area (Å²) >= 11 is 9.71. The molecule has 7 nitrogen and oxygen atoms in total. The van der Waals surface area contributed by atoms with Crippen molar-refractivity contribution in [3.05, 3.63) is 82.3 Å². The molecule has 0 bridgehead atoms. The smallest absolute Gasteiger partial charge is 0.341 e. The third-order valence-corrected chi connectivity index (χ3v) is 7.83. The zero-order valence-corrected chi connectivity index (χ0v) is 20.5. The predicted molar refractivity (Wildman–Crippen MR) is 134 cm³/mol. The largest absolute Gasteiger partial charge is 0.480 e. The number of carboxylic acid groups (broad SMARTS) is 1. The zero-order chi connectivity index (χ0) is 24.0. The zero-order valence-electron chi connectivity index (χ0n) is 17.3. The van der Waals surface area contributed by atoms with Crippen LogP contribution in [0.1, 0.15) is 0 Å². The van der Waals surface area contributed by atoms with Crippen LogP contribution in [-0.4, -0.2) is 35.1 Å². The number of nitrogens with zero attached hydrogens (tertiary/aromatic N) is 1. The Morgan fingerprint density at radius 1 is 1.03 bits per heavy atom. The Labute approximate surface area is 207 Å². The van der Waals surface area contributed by atoms with Gasteiger partial charge >= 0.3 is 5.97 Å². The van der Waals surface area contributed by atoms with Gasteiger partial charge in [-0.05, 0) is 42.5 Å². The van der Waals surface area contributed by atoms with Gasteiger partial charge in [-0.15, -0.1) is 0 Å². The highest BCUT2D eigenvalue weighted by Crippen LogP contribution is 2.37. The second kappa shape index (κ2) is 8.50. The van der Waals surface area contributed by atoms with Crippen molar-refractivity contribution in [1.29, 1.82) is 0 Å². The van der Waals surface area contributed by atoms with Crippen LogP contribution >= 0.6 is 27.5 Å². The minimum atomic E-state index is -3.93. The molecular formula is C24H16BrClN2O5S. The van der Waals surface area contributed by atoms with Crippen molar-refractivity contribution in [1.82, 2.24) is 8.96 Å². The van der Waals surface area contributed by atoms with Gasteiger partial charge in [0, 0.05) is 26.8 Å². The number of fused-ring (bicyclic) bond motifs is 2. The van der Waals surface area contributed by atoms with E-state index >= 15 is 0 Å². The van der Waals surface area contributed by atoms with Crippen LogP contribution in [-0.2, 0) is 14.8 Å². The van der Waals surface area contributed by atoms with Gasteiger partial charge in [0.2, 0.25) is 0 Å². The maximum Gasteiger partial charge on any atom is 0.341 e. The van der Waals surface area contributed by atoms with Crippen LogP contribution in [0.5, 0.6) is 5.75 Å². The van der Waals surface area contributed by atoms with Gasteiger partial charge in [-0.25, -0.2) is 17.2 Å². The van der Waals surface area contributed by atoms with Crippen LogP contribution in [0.2, 0.25) is 5.02 Å². The van der Waals surface area contributed by atoms with Crippen LogP contribution in [0.4, 0.5) is 0 Å². The fraction of sp³-hybridized carbons (Fsp3) is 0.0417. The quantitative estimate of drug-likeness (QED) is 0.269. The molecule has 5 rings (SSSR count). The van der Waals surface area contributed by atoms with E-state index in [1.54, 1.807) is 60.7 Å². The first-order chi connectivity index (χ1) is 16.2. The molecule has 0 aliphatic rings. The number of hydrogen-bond acceptors (Lipinski definition) is 4. The van der Waals surface area contributed by atoms with Crippen molar-refractivity contribution in [2.75, 3.05) is 6.61 Å². The fourth-order valence-electron chi connectivity index (χ4n) is 3.82. The van der Waals surface area contributed by atoms with Gasteiger partial charge in [0.15, 0.2) is 6.61 Å². The number of aliphatic carboxylic acids is 1. The number of hydrogen-bond donors (Lipinski definition) is 2. The number of nitrogens with one attached hydrogen (secondary N) is 1. The van der Waals surface area contributed by atoms with E-state index in [1.165, 1.54) is 3.97 Å². The Kier molecular flexibility index (Phi) is 5.63. The lowest BCUT2D eigenvalue weighted by atomic mass is 10.2. The first-order valence-electron chi connectivity index (χ1n) is 10.0. The van der Waals surface area contributed by atoms with Crippen molar-refractivity contribution >= 4 is 65.3 Å². The Balaban J connectivity index is 1.73. The van der Waals surface area contributed by atoms with E-state index in [0.717, 1.165) is 15.2 Å². The molecule has 0 saturated heterocycles. The van der Waals surface area contributed by atoms with Gasteiger partial charge in [-0.1, -0.05) is 51.8 Å². The highest BCUT2D eigenvalue weighted by atomic mass is 79.9. The van der Waals surface area contributed by atoms with Crippen LogP contribution in [0, 0.1) is 0 Å². The molecule has 2 heterocycles. The molecule has 0 spiro atoms. The van der Waals surface area contributed by atoms with Gasteiger partial charge in [0.1, 0.15) is 5.75 Å². The number of aromatic nitrogens is 2.